The van der Waals surface area contributed by atoms with Gasteiger partial charge in [-0.05, 0) is 12.1 Å². The Hall–Kier alpha value is -1.33. The van der Waals surface area contributed by atoms with E-state index in [9.17, 15) is 4.21 Å². The molecule has 1 heterocycles. The summed E-state index contributed by atoms with van der Waals surface area (Å²) in [7, 11) is 0. The van der Waals surface area contributed by atoms with E-state index < -0.39 is 16.0 Å². The Bertz CT molecular complexity index is 378. The average molecular weight is 213 g/mol. The van der Waals surface area contributed by atoms with Crippen molar-refractivity contribution in [2.75, 3.05) is 0 Å². The van der Waals surface area contributed by atoms with Crippen molar-refractivity contribution in [1.29, 1.82) is 5.26 Å². The predicted octanol–water partition coefficient (Wildman–Crippen LogP) is -0.0415. The highest BCUT2D eigenvalue weighted by atomic mass is 32.2. The molecule has 0 fully saturated rings. The molecule has 1 unspecified atom stereocenters. The summed E-state index contributed by atoms with van der Waals surface area (Å²) >= 11 is -2.60. The number of hydrogen-bond donors (Lipinski definition) is 3. The van der Waals surface area contributed by atoms with Crippen LogP contribution in [0.25, 0.3) is 0 Å². The molecule has 2 atom stereocenters. The van der Waals surface area contributed by atoms with Crippen LogP contribution in [0, 0.1) is 11.3 Å². The number of hydroxylamine groups is 1. The Morgan fingerprint density at radius 2 is 2.36 bits per heavy atom. The van der Waals surface area contributed by atoms with Gasteiger partial charge >= 0.3 is 0 Å². The molecule has 0 aliphatic heterocycles. The first-order chi connectivity index (χ1) is 6.67. The third kappa shape index (κ3) is 1.64. The number of pyridine rings is 1. The second kappa shape index (κ2) is 4.26. The van der Waals surface area contributed by atoms with Crippen molar-refractivity contribution < 1.29 is 14.0 Å². The normalized spacial score (nSPS) is 16.6. The van der Waals surface area contributed by atoms with Crippen molar-refractivity contribution in [3.63, 3.8) is 0 Å². The standard InChI is InChI=1S/C7H7N3O3S/c8-5-7(10-11,14(12)13)6-3-1-2-4-9-6/h1-4,10-11H,(H,12,13)/t7-/m0/s1. The van der Waals surface area contributed by atoms with Gasteiger partial charge in [-0.3, -0.25) is 4.98 Å². The van der Waals surface area contributed by atoms with Crippen molar-refractivity contribution in [3.05, 3.63) is 30.1 Å². The molecule has 0 aromatic carbocycles. The van der Waals surface area contributed by atoms with Gasteiger partial charge in [0, 0.05) is 6.20 Å². The van der Waals surface area contributed by atoms with E-state index in [0.29, 0.717) is 0 Å². The average Bonchev–Trinajstić information content (AvgIpc) is 2.22. The van der Waals surface area contributed by atoms with Crippen LogP contribution in [0.5, 0.6) is 0 Å². The predicted molar refractivity (Wildman–Crippen MR) is 47.2 cm³/mol. The van der Waals surface area contributed by atoms with Gasteiger partial charge in [0.25, 0.3) is 4.87 Å². The summed E-state index contributed by atoms with van der Waals surface area (Å²) in [4.78, 5) is 1.62. The molecular formula is C7H7N3O3S. The van der Waals surface area contributed by atoms with Gasteiger partial charge in [-0.15, -0.1) is 0 Å². The molecule has 0 aliphatic rings. The van der Waals surface area contributed by atoms with Gasteiger partial charge in [-0.25, -0.2) is 4.21 Å². The van der Waals surface area contributed by atoms with Crippen molar-refractivity contribution >= 4 is 11.1 Å². The Labute approximate surface area is 82.4 Å². The lowest BCUT2D eigenvalue weighted by Gasteiger charge is -2.19. The lowest BCUT2D eigenvalue weighted by atomic mass is 10.2. The van der Waals surface area contributed by atoms with Crippen molar-refractivity contribution in [2.45, 2.75) is 4.87 Å². The van der Waals surface area contributed by atoms with E-state index in [1.807, 2.05) is 0 Å². The minimum Gasteiger partial charge on any atom is -0.314 e. The number of aromatic nitrogens is 1. The van der Waals surface area contributed by atoms with E-state index in [-0.39, 0.29) is 5.69 Å². The molecule has 0 aliphatic carbocycles. The fraction of sp³-hybridized carbons (Fsp3) is 0.143. The molecule has 74 valence electrons. The smallest absolute Gasteiger partial charge is 0.271 e. The molecule has 0 spiro atoms. The Balaban J connectivity index is 3.27. The first-order valence-corrected chi connectivity index (χ1v) is 4.63. The molecule has 0 amide bonds. The second-order valence-electron chi connectivity index (χ2n) is 2.37. The maximum Gasteiger partial charge on any atom is 0.271 e. The van der Waals surface area contributed by atoms with Crippen LogP contribution in [0.1, 0.15) is 5.69 Å². The SMILES string of the molecule is N#C[C@@](NO)(c1ccccn1)S(=O)O. The van der Waals surface area contributed by atoms with Gasteiger partial charge in [-0.1, -0.05) is 6.07 Å². The van der Waals surface area contributed by atoms with E-state index >= 15 is 0 Å². The summed E-state index contributed by atoms with van der Waals surface area (Å²) in [5.41, 5.74) is 1.48. The molecule has 0 radical (unpaired) electrons. The van der Waals surface area contributed by atoms with Gasteiger partial charge in [0.2, 0.25) is 0 Å². The van der Waals surface area contributed by atoms with Crippen LogP contribution in [-0.2, 0) is 16.0 Å². The Morgan fingerprint density at radius 1 is 1.64 bits per heavy atom. The van der Waals surface area contributed by atoms with Crippen LogP contribution in [0.15, 0.2) is 24.4 Å². The van der Waals surface area contributed by atoms with Crippen LogP contribution in [0.2, 0.25) is 0 Å². The monoisotopic (exact) mass is 213 g/mol. The topological polar surface area (TPSA) is 106 Å². The van der Waals surface area contributed by atoms with E-state index in [2.05, 4.69) is 4.98 Å². The largest absolute Gasteiger partial charge is 0.314 e. The molecule has 14 heavy (non-hydrogen) atoms. The molecule has 1 aromatic rings. The minimum atomic E-state index is -2.60. The second-order valence-corrected chi connectivity index (χ2v) is 3.48. The molecule has 3 N–H and O–H groups in total. The molecule has 0 saturated heterocycles. The summed E-state index contributed by atoms with van der Waals surface area (Å²) in [5.74, 6) is 0. The van der Waals surface area contributed by atoms with Gasteiger partial charge in [0.05, 0.1) is 5.69 Å². The van der Waals surface area contributed by atoms with Gasteiger partial charge < -0.3 is 9.76 Å². The molecule has 7 heteroatoms. The van der Waals surface area contributed by atoms with Crippen LogP contribution in [-0.4, -0.2) is 19.0 Å². The molecule has 0 bridgehead atoms. The van der Waals surface area contributed by atoms with Crippen LogP contribution in [0.3, 0.4) is 0 Å². The van der Waals surface area contributed by atoms with Crippen molar-refractivity contribution in [2.24, 2.45) is 0 Å². The Kier molecular flexibility index (Phi) is 3.27. The maximum absolute atomic E-state index is 10.9. The van der Waals surface area contributed by atoms with Crippen molar-refractivity contribution in [3.8, 4) is 6.07 Å². The molecule has 1 aromatic heterocycles. The number of nitriles is 1. The first-order valence-electron chi connectivity index (χ1n) is 3.52. The number of hydrogen-bond acceptors (Lipinski definition) is 5. The zero-order valence-electron chi connectivity index (χ0n) is 6.91. The molecule has 1 rings (SSSR count). The fourth-order valence-electron chi connectivity index (χ4n) is 0.878. The van der Waals surface area contributed by atoms with Gasteiger partial charge in [-0.2, -0.15) is 10.7 Å². The van der Waals surface area contributed by atoms with Crippen LogP contribution in [0.4, 0.5) is 0 Å². The molecule has 6 nitrogen and oxygen atoms in total. The summed E-state index contributed by atoms with van der Waals surface area (Å²) in [6.07, 6.45) is 1.35. The third-order valence-electron chi connectivity index (χ3n) is 1.60. The third-order valence-corrected chi connectivity index (χ3v) is 2.52. The van der Waals surface area contributed by atoms with Gasteiger partial charge in [0.15, 0.2) is 11.1 Å². The zero-order chi connectivity index (χ0) is 10.6. The fourth-order valence-corrected chi connectivity index (χ4v) is 1.33. The highest BCUT2D eigenvalue weighted by Crippen LogP contribution is 2.20. The number of rotatable bonds is 3. The number of nitrogens with one attached hydrogen (secondary N) is 1. The highest BCUT2D eigenvalue weighted by Gasteiger charge is 2.40. The van der Waals surface area contributed by atoms with E-state index in [1.165, 1.54) is 23.8 Å². The van der Waals surface area contributed by atoms with E-state index in [4.69, 9.17) is 15.0 Å². The first kappa shape index (κ1) is 10.7. The summed E-state index contributed by atoms with van der Waals surface area (Å²) in [5, 5.41) is 17.5. The summed E-state index contributed by atoms with van der Waals surface area (Å²) in [6, 6.07) is 6.00. The Morgan fingerprint density at radius 3 is 2.71 bits per heavy atom. The highest BCUT2D eigenvalue weighted by molar-refractivity contribution is 7.80. The molecular weight excluding hydrogens is 206 g/mol. The maximum atomic E-state index is 10.9. The molecule has 0 saturated carbocycles. The van der Waals surface area contributed by atoms with Gasteiger partial charge in [0.1, 0.15) is 6.07 Å². The lowest BCUT2D eigenvalue weighted by molar-refractivity contribution is 0.125. The minimum absolute atomic E-state index is 0.0224. The summed E-state index contributed by atoms with van der Waals surface area (Å²) in [6.45, 7) is 0. The summed E-state index contributed by atoms with van der Waals surface area (Å²) < 4.78 is 19.8. The zero-order valence-corrected chi connectivity index (χ0v) is 7.73. The lowest BCUT2D eigenvalue weighted by Crippen LogP contribution is -2.43. The quantitative estimate of drug-likeness (QED) is 0.480. The number of nitrogens with zero attached hydrogens (tertiary/aromatic N) is 2. The van der Waals surface area contributed by atoms with E-state index in [1.54, 1.807) is 12.1 Å². The van der Waals surface area contributed by atoms with Crippen molar-refractivity contribution in [1.82, 2.24) is 10.5 Å². The van der Waals surface area contributed by atoms with Crippen LogP contribution < -0.4 is 5.48 Å². The van der Waals surface area contributed by atoms with E-state index in [0.717, 1.165) is 0 Å². The van der Waals surface area contributed by atoms with Crippen LogP contribution >= 0.6 is 0 Å².